The minimum Gasteiger partial charge on any atom is -0.492 e. The number of benzene rings is 2. The van der Waals surface area contributed by atoms with Crippen LogP contribution in [0.15, 0.2) is 55.1 Å². The SMILES string of the molecule is C=CC(=O)OCCCc1cc(-c2ccc(C3CCC(CCCCC)CC3)cc2F)c(CC)cc1OCC(COC(=O)C(=C)C)(COC(=O)C(C)=O)COC(=O)C(C)=O. The summed E-state index contributed by atoms with van der Waals surface area (Å²) in [6, 6.07) is 9.10. The molecule has 11 nitrogen and oxygen atoms in total. The number of hydrogen-bond acceptors (Lipinski definition) is 11. The molecule has 1 aliphatic rings. The highest BCUT2D eigenvalue weighted by molar-refractivity contribution is 6.32. The van der Waals surface area contributed by atoms with Crippen molar-refractivity contribution in [3.05, 3.63) is 77.6 Å². The van der Waals surface area contributed by atoms with Gasteiger partial charge in [-0.05, 0) is 104 Å². The largest absolute Gasteiger partial charge is 0.492 e. The van der Waals surface area contributed by atoms with Gasteiger partial charge in [0.15, 0.2) is 0 Å². The summed E-state index contributed by atoms with van der Waals surface area (Å²) in [5.74, 6) is -4.53. The van der Waals surface area contributed by atoms with E-state index >= 15 is 4.39 Å². The summed E-state index contributed by atoms with van der Waals surface area (Å²) in [7, 11) is 0. The summed E-state index contributed by atoms with van der Waals surface area (Å²) in [5, 5.41) is 0. The highest BCUT2D eigenvalue weighted by Gasteiger charge is 2.38. The van der Waals surface area contributed by atoms with Crippen molar-refractivity contribution in [3.63, 3.8) is 0 Å². The number of rotatable bonds is 24. The Kier molecular flexibility index (Phi) is 19.0. The van der Waals surface area contributed by atoms with Crippen molar-refractivity contribution in [2.24, 2.45) is 11.3 Å². The van der Waals surface area contributed by atoms with Gasteiger partial charge in [0.25, 0.3) is 0 Å². The third-order valence-electron chi connectivity index (χ3n) is 10.5. The standard InChI is InChI=1S/C46H59FO11/c1-8-11-12-14-33-16-18-35(19-17-33)36-20-21-38(40(47)24-36)39-23-37(15-13-22-54-42(50)10-3)41(25-34(39)9-2)55-26-46(27-56-43(51)30(4)5,28-57-44(52)31(6)48)29-58-45(53)32(7)49/h10,20-21,23-25,33,35H,3-4,8-9,11-19,22,26-29H2,1-2,5-7H3. The smallest absolute Gasteiger partial charge is 0.374 e. The second-order valence-electron chi connectivity index (χ2n) is 15.3. The first kappa shape index (κ1) is 47.2. The van der Waals surface area contributed by atoms with Gasteiger partial charge in [-0.2, -0.15) is 0 Å². The van der Waals surface area contributed by atoms with Gasteiger partial charge in [0.05, 0.1) is 6.61 Å². The quantitative estimate of drug-likeness (QED) is 0.0332. The highest BCUT2D eigenvalue weighted by atomic mass is 19.1. The Hall–Kier alpha value is -5.13. The molecular formula is C46H59FO11. The van der Waals surface area contributed by atoms with Crippen LogP contribution in [0, 0.1) is 17.2 Å². The van der Waals surface area contributed by atoms with E-state index in [0.717, 1.165) is 62.7 Å². The number of carbonyl (C=O) groups is 6. The molecule has 316 valence electrons. The molecule has 2 aromatic rings. The number of Topliss-reactive ketones (excluding diaryl/α,β-unsaturated/α-hetero) is 2. The Balaban J connectivity index is 2.02. The molecule has 0 N–H and O–H groups in total. The Morgan fingerprint density at radius 2 is 1.38 bits per heavy atom. The Bertz CT molecular complexity index is 1730. The van der Waals surface area contributed by atoms with Gasteiger partial charge in [0.2, 0.25) is 11.6 Å². The van der Waals surface area contributed by atoms with Gasteiger partial charge in [-0.25, -0.2) is 23.6 Å². The van der Waals surface area contributed by atoms with Gasteiger partial charge in [-0.15, -0.1) is 0 Å². The number of halogens is 1. The molecule has 2 aromatic carbocycles. The van der Waals surface area contributed by atoms with E-state index in [1.165, 1.54) is 32.6 Å². The fourth-order valence-electron chi connectivity index (χ4n) is 6.97. The monoisotopic (exact) mass is 806 g/mol. The fourth-order valence-corrected chi connectivity index (χ4v) is 6.97. The lowest BCUT2D eigenvalue weighted by Gasteiger charge is -2.32. The van der Waals surface area contributed by atoms with Crippen molar-refractivity contribution >= 4 is 35.4 Å². The number of carbonyl (C=O) groups excluding carboxylic acids is 6. The zero-order valence-electron chi connectivity index (χ0n) is 34.7. The summed E-state index contributed by atoms with van der Waals surface area (Å²) in [6.45, 7) is 12.5. The van der Waals surface area contributed by atoms with Gasteiger partial charge in [0, 0.05) is 31.1 Å². The lowest BCUT2D eigenvalue weighted by Crippen LogP contribution is -2.45. The van der Waals surface area contributed by atoms with E-state index in [2.05, 4.69) is 20.1 Å². The average Bonchev–Trinajstić information content (AvgIpc) is 3.21. The molecule has 0 radical (unpaired) electrons. The van der Waals surface area contributed by atoms with Crippen LogP contribution >= 0.6 is 0 Å². The van der Waals surface area contributed by atoms with Gasteiger partial charge < -0.3 is 23.7 Å². The van der Waals surface area contributed by atoms with Crippen molar-refractivity contribution in [3.8, 4) is 16.9 Å². The molecule has 0 heterocycles. The van der Waals surface area contributed by atoms with E-state index in [1.54, 1.807) is 12.1 Å². The van der Waals surface area contributed by atoms with Crippen LogP contribution in [0.3, 0.4) is 0 Å². The molecule has 3 rings (SSSR count). The van der Waals surface area contributed by atoms with Crippen LogP contribution < -0.4 is 4.74 Å². The van der Waals surface area contributed by atoms with E-state index < -0.39 is 67.3 Å². The molecule has 0 amide bonds. The van der Waals surface area contributed by atoms with E-state index in [0.29, 0.717) is 47.6 Å². The molecule has 1 fully saturated rings. The second kappa shape index (κ2) is 23.3. The topological polar surface area (TPSA) is 149 Å². The maximum Gasteiger partial charge on any atom is 0.374 e. The molecule has 0 unspecified atom stereocenters. The summed E-state index contributed by atoms with van der Waals surface area (Å²) < 4.78 is 43.7. The lowest BCUT2D eigenvalue weighted by atomic mass is 9.76. The van der Waals surface area contributed by atoms with E-state index in [9.17, 15) is 28.8 Å². The van der Waals surface area contributed by atoms with Gasteiger partial charge in [0.1, 0.15) is 43.4 Å². The van der Waals surface area contributed by atoms with Crippen molar-refractivity contribution in [1.82, 2.24) is 0 Å². The van der Waals surface area contributed by atoms with Gasteiger partial charge >= 0.3 is 23.9 Å². The van der Waals surface area contributed by atoms with E-state index in [-0.39, 0.29) is 18.0 Å². The Morgan fingerprint density at radius 1 is 0.759 bits per heavy atom. The molecule has 58 heavy (non-hydrogen) atoms. The number of ketones is 2. The predicted molar refractivity (Wildman–Crippen MR) is 217 cm³/mol. The molecule has 1 saturated carbocycles. The van der Waals surface area contributed by atoms with Crippen molar-refractivity contribution in [1.29, 1.82) is 0 Å². The number of esters is 4. The molecule has 0 spiro atoms. The minimum absolute atomic E-state index is 0.0574. The van der Waals surface area contributed by atoms with Crippen LogP contribution in [0.1, 0.15) is 115 Å². The molecule has 0 atom stereocenters. The third-order valence-corrected chi connectivity index (χ3v) is 10.5. The molecule has 0 aromatic heterocycles. The Morgan fingerprint density at radius 3 is 1.91 bits per heavy atom. The van der Waals surface area contributed by atoms with Crippen LogP contribution in [-0.4, -0.2) is 68.5 Å². The summed E-state index contributed by atoms with van der Waals surface area (Å²) in [6.07, 6.45) is 11.6. The van der Waals surface area contributed by atoms with Crippen molar-refractivity contribution in [2.75, 3.05) is 33.0 Å². The molecule has 1 aliphatic carbocycles. The van der Waals surface area contributed by atoms with Crippen LogP contribution in [0.4, 0.5) is 4.39 Å². The molecule has 0 saturated heterocycles. The third kappa shape index (κ3) is 14.4. The summed E-state index contributed by atoms with van der Waals surface area (Å²) >= 11 is 0. The van der Waals surface area contributed by atoms with Crippen LogP contribution in [0.25, 0.3) is 11.1 Å². The van der Waals surface area contributed by atoms with Crippen LogP contribution in [0.5, 0.6) is 5.75 Å². The second-order valence-corrected chi connectivity index (χ2v) is 15.3. The number of aryl methyl sites for hydroxylation is 2. The average molecular weight is 807 g/mol. The molecule has 12 heteroatoms. The zero-order chi connectivity index (χ0) is 42.8. The van der Waals surface area contributed by atoms with E-state index in [4.69, 9.17) is 23.7 Å². The lowest BCUT2D eigenvalue weighted by molar-refractivity contribution is -0.168. The molecule has 0 aliphatic heterocycles. The zero-order valence-corrected chi connectivity index (χ0v) is 34.7. The number of hydrogen-bond donors (Lipinski definition) is 0. The van der Waals surface area contributed by atoms with Gasteiger partial charge in [-0.1, -0.05) is 64.8 Å². The number of ether oxygens (including phenoxy) is 5. The first-order valence-electron chi connectivity index (χ1n) is 20.2. The van der Waals surface area contributed by atoms with E-state index in [1.807, 2.05) is 25.1 Å². The maximum atomic E-state index is 16.2. The van der Waals surface area contributed by atoms with Crippen LogP contribution in [0.2, 0.25) is 0 Å². The normalized spacial score (nSPS) is 15.1. The van der Waals surface area contributed by atoms with Crippen LogP contribution in [-0.2, 0) is 60.6 Å². The maximum absolute atomic E-state index is 16.2. The van der Waals surface area contributed by atoms with Crippen molar-refractivity contribution in [2.45, 2.75) is 111 Å². The summed E-state index contributed by atoms with van der Waals surface area (Å²) in [5.41, 5.74) is 1.89. The van der Waals surface area contributed by atoms with Gasteiger partial charge in [-0.3, -0.25) is 9.59 Å². The predicted octanol–water partition coefficient (Wildman–Crippen LogP) is 8.32. The summed E-state index contributed by atoms with van der Waals surface area (Å²) in [4.78, 5) is 72.5. The highest BCUT2D eigenvalue weighted by Crippen LogP contribution is 2.40. The fraction of sp³-hybridized carbons (Fsp3) is 0.522. The first-order chi connectivity index (χ1) is 27.6. The van der Waals surface area contributed by atoms with Crippen molar-refractivity contribution < 1.29 is 56.8 Å². The minimum atomic E-state index is -1.61. The number of unbranched alkanes of at least 4 members (excludes halogenated alkanes) is 2. The first-order valence-corrected chi connectivity index (χ1v) is 20.2. The Labute approximate surface area is 341 Å². The molecular weight excluding hydrogens is 747 g/mol. The molecule has 0 bridgehead atoms.